The van der Waals surface area contributed by atoms with E-state index in [4.69, 9.17) is 0 Å². The monoisotopic (exact) mass is 725 g/mol. The van der Waals surface area contributed by atoms with Gasteiger partial charge in [-0.3, -0.25) is 0 Å². The third-order valence-corrected chi connectivity index (χ3v) is 78.2. The summed E-state index contributed by atoms with van der Waals surface area (Å²) in [5.41, 5.74) is 18.7. The first-order valence-corrected chi connectivity index (χ1v) is 27.6. The molecule has 10 saturated heterocycles. The average Bonchev–Trinajstić information content (AvgIpc) is 4.03. The molecule has 4 unspecified atom stereocenters. The molecule has 4 aromatic carbocycles. The second-order valence-corrected chi connectivity index (χ2v) is 47.8. The van der Waals surface area contributed by atoms with E-state index in [1.807, 2.05) is 0 Å². The zero-order chi connectivity index (χ0) is 34.0. The summed E-state index contributed by atoms with van der Waals surface area (Å²) in [5, 5.41) is 7.22. The Morgan fingerprint density at radius 3 is 0.796 bits per heavy atom. The van der Waals surface area contributed by atoms with Crippen molar-refractivity contribution in [1.29, 1.82) is 0 Å². The summed E-state index contributed by atoms with van der Waals surface area (Å²) in [5.74, 6) is 0. The second-order valence-electron chi connectivity index (χ2n) is 20.5. The van der Waals surface area contributed by atoms with Gasteiger partial charge in [0, 0.05) is 0 Å². The molecule has 0 aromatic heterocycles. The normalized spacial score (nSPS) is 50.8. The Kier molecular flexibility index (Phi) is 2.70. The van der Waals surface area contributed by atoms with E-state index < -0.39 is 22.2 Å². The number of benzene rings is 4. The Balaban J connectivity index is 1.16. The van der Waals surface area contributed by atoms with Crippen molar-refractivity contribution in [2.75, 3.05) is 0 Å². The topological polar surface area (TPSA) is 0 Å². The van der Waals surface area contributed by atoms with E-state index in [-0.39, 0.29) is 0 Å². The van der Waals surface area contributed by atoms with E-state index in [0.717, 1.165) is 0 Å². The quantitative estimate of drug-likeness (QED) is 0.174. The minimum atomic E-state index is -4.01. The number of rotatable bonds is 6. The first kappa shape index (κ1) is 27.8. The van der Waals surface area contributed by atoms with Crippen LogP contribution < -0.4 is 21.2 Å². The fourth-order valence-corrected chi connectivity index (χ4v) is 121. The van der Waals surface area contributed by atoms with Crippen LogP contribution in [0.1, 0.15) is 66.8 Å². The molecule has 0 nitrogen and oxygen atoms in total. The summed E-state index contributed by atoms with van der Waals surface area (Å²) in [6.07, 6.45) is -4.01. The van der Waals surface area contributed by atoms with Crippen molar-refractivity contribution in [3.05, 3.63) is 115 Å². The van der Waals surface area contributed by atoms with Crippen molar-refractivity contribution in [1.82, 2.24) is 0 Å². The predicted octanol–water partition coefficient (Wildman–Crippen LogP) is 11.2. The Morgan fingerprint density at radius 2 is 0.592 bits per heavy atom. The van der Waals surface area contributed by atoms with Gasteiger partial charge in [-0.25, -0.2) is 0 Å². The number of hydrogen-bond donors (Lipinski definition) is 0. The molecule has 4 atom stereocenters. The van der Waals surface area contributed by atoms with Gasteiger partial charge in [0.15, 0.2) is 0 Å². The molecular formula is C46H52CoP2. The Bertz CT molecular complexity index is 2510. The fourth-order valence-electron chi connectivity index (χ4n) is 22.2. The van der Waals surface area contributed by atoms with E-state index in [9.17, 15) is 0 Å². The molecule has 49 heavy (non-hydrogen) atoms. The first-order chi connectivity index (χ1) is 23.0. The molecule has 14 rings (SSSR count). The van der Waals surface area contributed by atoms with Crippen LogP contribution in [0, 0.1) is 83.1 Å². The standard InChI is InChI=1S/C41H47P2.C5H5.Co/c1-24-16-20-36(32(9)28(24)5)42(37-21-17-25(2)29(6)33(37)10)40-14-13-15-41(40)43(38-22-18-26(3)30(7)34(38)11)39-23-19-27(4)31(8)35(39)12;1-2-4-5-3-1;/h13-23H,1-12H3;1-5H;. The Labute approximate surface area is 287 Å². The molecule has 0 aliphatic carbocycles. The van der Waals surface area contributed by atoms with Crippen molar-refractivity contribution in [2.24, 2.45) is 0 Å². The third kappa shape index (κ3) is 0.877. The second kappa shape index (κ2) is 4.75. The van der Waals surface area contributed by atoms with Crippen LogP contribution in [0.15, 0.2) is 48.5 Å². The molecule has 10 fully saturated rings. The molecule has 1 spiro atoms. The molecule has 0 bridgehead atoms. The van der Waals surface area contributed by atoms with Crippen LogP contribution in [0.25, 0.3) is 0 Å². The van der Waals surface area contributed by atoms with Gasteiger partial charge in [0.25, 0.3) is 0 Å². The average molecular weight is 726 g/mol. The maximum atomic E-state index is 2.70. The SMILES string of the molecule is Cc1ccc(P(c2ccc(C)c(C)c2C)[C]23[CH]4[CH]5[CH]6[C]2(P(c2ccc(C)c(C)c2C)c2ccc(C)c(C)c2C)[Co]54632789[CH]3[CH]2[CH]7[CH]8[CH]39)c(C)c1C. The Morgan fingerprint density at radius 1 is 0.347 bits per heavy atom. The van der Waals surface area contributed by atoms with E-state index >= 15 is 0 Å². The Hall–Kier alpha value is -1.75. The van der Waals surface area contributed by atoms with E-state index in [1.165, 1.54) is 61.1 Å². The van der Waals surface area contributed by atoms with Gasteiger partial charge in [-0.1, -0.05) is 0 Å². The molecule has 0 amide bonds. The minimum absolute atomic E-state index is 0.463. The molecule has 10 heterocycles. The van der Waals surface area contributed by atoms with Crippen LogP contribution in [-0.4, -0.2) is 8.18 Å². The molecule has 10 aliphatic heterocycles. The summed E-state index contributed by atoms with van der Waals surface area (Å²) >= 11 is 0. The van der Waals surface area contributed by atoms with Crippen LogP contribution in [0.2, 0.25) is 38.8 Å². The van der Waals surface area contributed by atoms with Crippen molar-refractivity contribution in [3.8, 4) is 0 Å². The molecule has 0 N–H and O–H groups in total. The zero-order valence-electron chi connectivity index (χ0n) is 31.5. The number of aryl methyl sites for hydroxylation is 4. The molecule has 4 aromatic rings. The molecule has 255 valence electrons. The predicted molar refractivity (Wildman–Crippen MR) is 210 cm³/mol. The summed E-state index contributed by atoms with van der Waals surface area (Å²) in [7, 11) is -0.925. The van der Waals surface area contributed by atoms with Crippen LogP contribution in [0.4, 0.5) is 0 Å². The van der Waals surface area contributed by atoms with Gasteiger partial charge in [0.1, 0.15) is 0 Å². The zero-order valence-corrected chi connectivity index (χ0v) is 34.3. The van der Waals surface area contributed by atoms with Crippen molar-refractivity contribution in [3.63, 3.8) is 0 Å². The van der Waals surface area contributed by atoms with Crippen LogP contribution in [-0.2, 0) is 6.37 Å². The maximum absolute atomic E-state index is 4.01. The van der Waals surface area contributed by atoms with Gasteiger partial charge >= 0.3 is 289 Å². The summed E-state index contributed by atoms with van der Waals surface area (Å²) in [4.78, 5) is 9.82. The summed E-state index contributed by atoms with van der Waals surface area (Å²) < 4.78 is 1.30. The summed E-state index contributed by atoms with van der Waals surface area (Å²) in [6, 6.07) is 20.9. The first-order valence-electron chi connectivity index (χ1n) is 19.0. The van der Waals surface area contributed by atoms with Crippen molar-refractivity contribution >= 4 is 37.1 Å². The van der Waals surface area contributed by atoms with Crippen LogP contribution >= 0.6 is 15.8 Å². The van der Waals surface area contributed by atoms with Crippen molar-refractivity contribution in [2.45, 2.75) is 130 Å². The van der Waals surface area contributed by atoms with Gasteiger partial charge in [0.05, 0.1) is 0 Å². The molecule has 10 aliphatic rings. The third-order valence-electron chi connectivity index (χ3n) is 23.7. The summed E-state index contributed by atoms with van der Waals surface area (Å²) in [6.45, 7) is 29.3. The molecule has 3 heteroatoms. The van der Waals surface area contributed by atoms with E-state index in [1.54, 1.807) is 65.7 Å². The van der Waals surface area contributed by atoms with Gasteiger partial charge in [-0.15, -0.1) is 0 Å². The number of hydrogen-bond acceptors (Lipinski definition) is 0. The van der Waals surface area contributed by atoms with Crippen LogP contribution in [0.5, 0.6) is 0 Å². The fraction of sp³-hybridized carbons (Fsp3) is 0.478. The van der Waals surface area contributed by atoms with Crippen LogP contribution in [0.3, 0.4) is 0 Å². The molecule has 0 radical (unpaired) electrons. The molecular weight excluding hydrogens is 673 g/mol. The van der Waals surface area contributed by atoms with Gasteiger partial charge < -0.3 is 0 Å². The van der Waals surface area contributed by atoms with Gasteiger partial charge in [-0.05, 0) is 0 Å². The number of fused-ring (bicyclic) bond motifs is 10. The van der Waals surface area contributed by atoms with Crippen molar-refractivity contribution < 1.29 is 6.37 Å². The van der Waals surface area contributed by atoms with Gasteiger partial charge in [-0.2, -0.15) is 0 Å². The molecule has 0 saturated carbocycles. The van der Waals surface area contributed by atoms with E-state index in [0.29, 0.717) is 8.18 Å². The van der Waals surface area contributed by atoms with E-state index in [2.05, 4.69) is 132 Å². The van der Waals surface area contributed by atoms with Gasteiger partial charge in [0.2, 0.25) is 0 Å².